The third kappa shape index (κ3) is 3.34. The number of hydrogen-bond donors (Lipinski definition) is 2. The molecule has 2 N–H and O–H groups in total. The van der Waals surface area contributed by atoms with Crippen LogP contribution in [-0.2, 0) is 6.42 Å². The van der Waals surface area contributed by atoms with E-state index in [4.69, 9.17) is 4.98 Å². The summed E-state index contributed by atoms with van der Waals surface area (Å²) in [6.45, 7) is 2.97. The van der Waals surface area contributed by atoms with Crippen molar-refractivity contribution < 1.29 is 0 Å². The molecule has 0 amide bonds. The summed E-state index contributed by atoms with van der Waals surface area (Å²) in [5.41, 5.74) is 3.11. The van der Waals surface area contributed by atoms with E-state index in [1.807, 2.05) is 18.2 Å². The average molecular weight is 299 g/mol. The van der Waals surface area contributed by atoms with E-state index in [1.54, 1.807) is 17.5 Å². The highest BCUT2D eigenvalue weighted by Crippen LogP contribution is 2.24. The van der Waals surface area contributed by atoms with Gasteiger partial charge in [-0.1, -0.05) is 37.3 Å². The van der Waals surface area contributed by atoms with E-state index in [2.05, 4.69) is 45.2 Å². The molecule has 0 bridgehead atoms. The summed E-state index contributed by atoms with van der Waals surface area (Å²) in [5.74, 6) is 0. The van der Waals surface area contributed by atoms with E-state index < -0.39 is 0 Å². The lowest BCUT2D eigenvalue weighted by Crippen LogP contribution is -2.23. The highest BCUT2D eigenvalue weighted by molar-refractivity contribution is 7.09. The fourth-order valence-electron chi connectivity index (χ4n) is 2.23. The Labute approximate surface area is 127 Å². The van der Waals surface area contributed by atoms with Crippen molar-refractivity contribution in [3.63, 3.8) is 0 Å². The van der Waals surface area contributed by atoms with Gasteiger partial charge in [-0.05, 0) is 6.54 Å². The van der Waals surface area contributed by atoms with Crippen molar-refractivity contribution in [2.45, 2.75) is 19.4 Å². The molecular weight excluding hydrogens is 282 g/mol. The zero-order valence-corrected chi connectivity index (χ0v) is 12.6. The Balaban J connectivity index is 1.77. The molecule has 1 aromatic carbocycles. The number of benzene rings is 1. The molecule has 3 aromatic rings. The van der Waals surface area contributed by atoms with E-state index >= 15 is 0 Å². The van der Waals surface area contributed by atoms with Gasteiger partial charge in [0.2, 0.25) is 0 Å². The second-order valence-electron chi connectivity index (χ2n) is 4.70. The molecule has 0 aliphatic rings. The number of aromatic nitrogens is 4. The summed E-state index contributed by atoms with van der Waals surface area (Å²) >= 11 is 1.69. The SMILES string of the molecule is CCNC(Cc1nc(-c2ccccc2)cs1)c1cn[nH]n1. The van der Waals surface area contributed by atoms with E-state index in [0.29, 0.717) is 0 Å². The van der Waals surface area contributed by atoms with Crippen LogP contribution in [0.1, 0.15) is 23.7 Å². The van der Waals surface area contributed by atoms with Crippen molar-refractivity contribution >= 4 is 11.3 Å². The fraction of sp³-hybridized carbons (Fsp3) is 0.267. The van der Waals surface area contributed by atoms with Gasteiger partial charge in [-0.2, -0.15) is 15.4 Å². The largest absolute Gasteiger partial charge is 0.308 e. The molecule has 0 radical (unpaired) electrons. The number of aromatic amines is 1. The monoisotopic (exact) mass is 299 g/mol. The molecular formula is C15H17N5S. The van der Waals surface area contributed by atoms with Crippen LogP contribution in [0.25, 0.3) is 11.3 Å². The molecule has 3 rings (SSSR count). The minimum atomic E-state index is 0.142. The Bertz CT molecular complexity index is 662. The Morgan fingerprint density at radius 2 is 2.14 bits per heavy atom. The summed E-state index contributed by atoms with van der Waals surface area (Å²) in [4.78, 5) is 4.73. The predicted octanol–water partition coefficient (Wildman–Crippen LogP) is 2.82. The number of nitrogens with zero attached hydrogens (tertiary/aromatic N) is 3. The normalized spacial score (nSPS) is 12.4. The van der Waals surface area contributed by atoms with Crippen LogP contribution in [0.4, 0.5) is 0 Å². The third-order valence-electron chi connectivity index (χ3n) is 3.24. The van der Waals surface area contributed by atoms with Crippen LogP contribution in [0.2, 0.25) is 0 Å². The first-order valence-electron chi connectivity index (χ1n) is 6.95. The minimum absolute atomic E-state index is 0.142. The minimum Gasteiger partial charge on any atom is -0.308 e. The van der Waals surface area contributed by atoms with Crippen LogP contribution < -0.4 is 5.32 Å². The third-order valence-corrected chi connectivity index (χ3v) is 4.11. The summed E-state index contributed by atoms with van der Waals surface area (Å²) in [5, 5.41) is 17.4. The number of likely N-dealkylation sites (N-methyl/N-ethyl adjacent to an activating group) is 1. The molecule has 0 saturated heterocycles. The molecule has 6 heteroatoms. The van der Waals surface area contributed by atoms with Gasteiger partial charge in [0.25, 0.3) is 0 Å². The van der Waals surface area contributed by atoms with Crippen molar-refractivity contribution in [1.82, 2.24) is 25.7 Å². The zero-order chi connectivity index (χ0) is 14.5. The van der Waals surface area contributed by atoms with Crippen LogP contribution in [-0.4, -0.2) is 26.9 Å². The Hall–Kier alpha value is -2.05. The second kappa shape index (κ2) is 6.60. The smallest absolute Gasteiger partial charge is 0.0998 e. The van der Waals surface area contributed by atoms with Crippen molar-refractivity contribution in [2.75, 3.05) is 6.54 Å². The second-order valence-corrected chi connectivity index (χ2v) is 5.64. The van der Waals surface area contributed by atoms with Gasteiger partial charge in [-0.3, -0.25) is 0 Å². The van der Waals surface area contributed by atoms with E-state index in [0.717, 1.165) is 34.9 Å². The number of thiazole rings is 1. The van der Waals surface area contributed by atoms with E-state index in [1.165, 1.54) is 0 Å². The molecule has 1 unspecified atom stereocenters. The van der Waals surface area contributed by atoms with Crippen LogP contribution >= 0.6 is 11.3 Å². The molecule has 0 aliphatic carbocycles. The van der Waals surface area contributed by atoms with Crippen molar-refractivity contribution in [3.8, 4) is 11.3 Å². The molecule has 0 saturated carbocycles. The average Bonchev–Trinajstić information content (AvgIpc) is 3.19. The van der Waals surface area contributed by atoms with Gasteiger partial charge in [0.15, 0.2) is 0 Å². The van der Waals surface area contributed by atoms with E-state index in [9.17, 15) is 0 Å². The quantitative estimate of drug-likeness (QED) is 0.734. The first-order valence-corrected chi connectivity index (χ1v) is 7.83. The van der Waals surface area contributed by atoms with Gasteiger partial charge in [0, 0.05) is 17.4 Å². The van der Waals surface area contributed by atoms with E-state index in [-0.39, 0.29) is 6.04 Å². The summed E-state index contributed by atoms with van der Waals surface area (Å²) in [6.07, 6.45) is 2.58. The number of H-pyrrole nitrogens is 1. The molecule has 108 valence electrons. The predicted molar refractivity (Wildman–Crippen MR) is 84.1 cm³/mol. The summed E-state index contributed by atoms with van der Waals surface area (Å²) < 4.78 is 0. The maximum absolute atomic E-state index is 4.73. The van der Waals surface area contributed by atoms with Gasteiger partial charge in [0.1, 0.15) is 0 Å². The molecule has 0 aliphatic heterocycles. The number of hydrogen-bond acceptors (Lipinski definition) is 5. The number of rotatable bonds is 6. The highest BCUT2D eigenvalue weighted by Gasteiger charge is 2.16. The molecule has 1 atom stereocenters. The maximum atomic E-state index is 4.73. The Kier molecular flexibility index (Phi) is 4.37. The lowest BCUT2D eigenvalue weighted by Gasteiger charge is -2.13. The van der Waals surface area contributed by atoms with Gasteiger partial charge in [0.05, 0.1) is 28.6 Å². The van der Waals surface area contributed by atoms with Gasteiger partial charge in [-0.15, -0.1) is 11.3 Å². The Morgan fingerprint density at radius 3 is 2.86 bits per heavy atom. The summed E-state index contributed by atoms with van der Waals surface area (Å²) in [7, 11) is 0. The molecule has 2 heterocycles. The van der Waals surface area contributed by atoms with Crippen LogP contribution in [0.5, 0.6) is 0 Å². The maximum Gasteiger partial charge on any atom is 0.0998 e. The Morgan fingerprint density at radius 1 is 1.29 bits per heavy atom. The van der Waals surface area contributed by atoms with Gasteiger partial charge in [-0.25, -0.2) is 4.98 Å². The molecule has 5 nitrogen and oxygen atoms in total. The van der Waals surface area contributed by atoms with Crippen molar-refractivity contribution in [1.29, 1.82) is 0 Å². The van der Waals surface area contributed by atoms with Crippen LogP contribution in [0.3, 0.4) is 0 Å². The van der Waals surface area contributed by atoms with Crippen molar-refractivity contribution in [2.24, 2.45) is 0 Å². The molecule has 2 aromatic heterocycles. The lowest BCUT2D eigenvalue weighted by atomic mass is 10.1. The molecule has 21 heavy (non-hydrogen) atoms. The van der Waals surface area contributed by atoms with Gasteiger partial charge >= 0.3 is 0 Å². The van der Waals surface area contributed by atoms with Crippen molar-refractivity contribution in [3.05, 3.63) is 52.6 Å². The highest BCUT2D eigenvalue weighted by atomic mass is 32.1. The number of nitrogens with one attached hydrogen (secondary N) is 2. The fourth-order valence-corrected chi connectivity index (χ4v) is 3.08. The first kappa shape index (κ1) is 13.9. The first-order chi connectivity index (χ1) is 10.4. The van der Waals surface area contributed by atoms with Crippen LogP contribution in [0, 0.1) is 0 Å². The lowest BCUT2D eigenvalue weighted by molar-refractivity contribution is 0.534. The zero-order valence-electron chi connectivity index (χ0n) is 11.8. The van der Waals surface area contributed by atoms with Gasteiger partial charge < -0.3 is 5.32 Å². The summed E-state index contributed by atoms with van der Waals surface area (Å²) in [6, 6.07) is 10.4. The van der Waals surface area contributed by atoms with Crippen LogP contribution in [0.15, 0.2) is 41.9 Å². The molecule has 0 fully saturated rings. The standard InChI is InChI=1S/C15H17N5S/c1-2-16-12(13-9-17-20-19-13)8-15-18-14(10-21-15)11-6-4-3-5-7-11/h3-7,9-10,12,16H,2,8H2,1H3,(H,17,19,20). The topological polar surface area (TPSA) is 66.5 Å². The molecule has 0 spiro atoms.